The molecule has 0 spiro atoms. The van der Waals surface area contributed by atoms with E-state index in [4.69, 9.17) is 4.74 Å². The number of rotatable bonds is 3. The van der Waals surface area contributed by atoms with Gasteiger partial charge < -0.3 is 20.3 Å². The highest BCUT2D eigenvalue weighted by Crippen LogP contribution is 2.12. The molecule has 3 atom stereocenters. The normalized spacial score (nSPS) is 30.2. The summed E-state index contributed by atoms with van der Waals surface area (Å²) < 4.78 is 5.55. The smallest absolute Gasteiger partial charge is 0.112 e. The third kappa shape index (κ3) is 2.80. The van der Waals surface area contributed by atoms with Gasteiger partial charge in [-0.15, -0.1) is 0 Å². The largest absolute Gasteiger partial charge is 0.389 e. The maximum atomic E-state index is 9.67. The fourth-order valence-electron chi connectivity index (χ4n) is 1.86. The van der Waals surface area contributed by atoms with E-state index in [-0.39, 0.29) is 0 Å². The van der Waals surface area contributed by atoms with E-state index in [0.717, 1.165) is 5.56 Å². The fourth-order valence-corrected chi connectivity index (χ4v) is 1.86. The van der Waals surface area contributed by atoms with E-state index in [9.17, 15) is 10.2 Å². The SMILES string of the molecule is O[C@@H]1CNC[C@H](O)C1OCc1ccccc1. The summed E-state index contributed by atoms with van der Waals surface area (Å²) in [5, 5.41) is 22.3. The summed E-state index contributed by atoms with van der Waals surface area (Å²) in [6, 6.07) is 9.74. The minimum Gasteiger partial charge on any atom is -0.389 e. The van der Waals surface area contributed by atoms with Gasteiger partial charge in [0.15, 0.2) is 0 Å². The molecule has 0 bridgehead atoms. The predicted octanol–water partition coefficient (Wildman–Crippen LogP) is -0.103. The Morgan fingerprint density at radius 2 is 1.75 bits per heavy atom. The molecule has 2 rings (SSSR count). The van der Waals surface area contributed by atoms with Crippen molar-refractivity contribution in [2.75, 3.05) is 13.1 Å². The van der Waals surface area contributed by atoms with Crippen LogP contribution in [0, 0.1) is 0 Å². The quantitative estimate of drug-likeness (QED) is 0.669. The van der Waals surface area contributed by atoms with Crippen molar-refractivity contribution in [1.29, 1.82) is 0 Å². The number of aliphatic hydroxyl groups excluding tert-OH is 2. The Morgan fingerprint density at radius 1 is 1.12 bits per heavy atom. The molecule has 1 unspecified atom stereocenters. The molecule has 0 radical (unpaired) electrons. The third-order valence-electron chi connectivity index (χ3n) is 2.75. The Labute approximate surface area is 94.9 Å². The second-order valence-electron chi connectivity index (χ2n) is 4.05. The van der Waals surface area contributed by atoms with E-state index in [1.807, 2.05) is 30.3 Å². The van der Waals surface area contributed by atoms with Crippen LogP contribution in [0.25, 0.3) is 0 Å². The average molecular weight is 223 g/mol. The highest BCUT2D eigenvalue weighted by atomic mass is 16.5. The molecule has 4 nitrogen and oxygen atoms in total. The lowest BCUT2D eigenvalue weighted by Gasteiger charge is -2.32. The van der Waals surface area contributed by atoms with Crippen molar-refractivity contribution in [3.05, 3.63) is 35.9 Å². The minimum absolute atomic E-state index is 0.416. The number of aliphatic hydroxyl groups is 2. The molecule has 16 heavy (non-hydrogen) atoms. The van der Waals surface area contributed by atoms with Crippen molar-refractivity contribution < 1.29 is 14.9 Å². The van der Waals surface area contributed by atoms with E-state index >= 15 is 0 Å². The molecule has 1 saturated heterocycles. The number of hydrogen-bond donors (Lipinski definition) is 3. The van der Waals surface area contributed by atoms with Crippen LogP contribution < -0.4 is 5.32 Å². The summed E-state index contributed by atoms with van der Waals surface area (Å²) in [4.78, 5) is 0. The van der Waals surface area contributed by atoms with Crippen molar-refractivity contribution in [2.24, 2.45) is 0 Å². The topological polar surface area (TPSA) is 61.7 Å². The summed E-state index contributed by atoms with van der Waals surface area (Å²) in [6.07, 6.45) is -1.79. The lowest BCUT2D eigenvalue weighted by atomic mass is 10.0. The second-order valence-corrected chi connectivity index (χ2v) is 4.05. The van der Waals surface area contributed by atoms with Crippen LogP contribution in [0.1, 0.15) is 5.56 Å². The molecule has 88 valence electrons. The first-order valence-electron chi connectivity index (χ1n) is 5.50. The van der Waals surface area contributed by atoms with Crippen LogP contribution in [0.15, 0.2) is 30.3 Å². The molecule has 0 saturated carbocycles. The summed E-state index contributed by atoms with van der Waals surface area (Å²) in [6.45, 7) is 1.35. The van der Waals surface area contributed by atoms with Crippen LogP contribution in [0.3, 0.4) is 0 Å². The molecule has 1 aliphatic rings. The van der Waals surface area contributed by atoms with Crippen LogP contribution in [0.5, 0.6) is 0 Å². The van der Waals surface area contributed by atoms with Gasteiger partial charge in [0.05, 0.1) is 18.8 Å². The molecular weight excluding hydrogens is 206 g/mol. The fraction of sp³-hybridized carbons (Fsp3) is 0.500. The standard InChI is InChI=1S/C12H17NO3/c14-10-6-13-7-11(15)12(10)16-8-9-4-2-1-3-5-9/h1-5,10-15H,6-8H2/t10-,11+,12?. The van der Waals surface area contributed by atoms with Gasteiger partial charge >= 0.3 is 0 Å². The van der Waals surface area contributed by atoms with Crippen LogP contribution in [-0.4, -0.2) is 41.6 Å². The number of benzene rings is 1. The molecule has 1 fully saturated rings. The Hall–Kier alpha value is -0.940. The van der Waals surface area contributed by atoms with Gasteiger partial charge in [0.1, 0.15) is 6.10 Å². The van der Waals surface area contributed by atoms with Crippen LogP contribution >= 0.6 is 0 Å². The molecule has 0 aliphatic carbocycles. The zero-order valence-corrected chi connectivity index (χ0v) is 9.04. The Bertz CT molecular complexity index is 307. The lowest BCUT2D eigenvalue weighted by Crippen LogP contribution is -2.54. The maximum Gasteiger partial charge on any atom is 0.112 e. The number of β-amino-alcohol motifs (C(OH)–C–C–N with tert-alkyl or cyclic N) is 2. The summed E-state index contributed by atoms with van der Waals surface area (Å²) in [7, 11) is 0. The molecular formula is C12H17NO3. The summed E-state index contributed by atoms with van der Waals surface area (Å²) in [5.41, 5.74) is 1.04. The van der Waals surface area contributed by atoms with E-state index in [1.165, 1.54) is 0 Å². The number of ether oxygens (including phenoxy) is 1. The van der Waals surface area contributed by atoms with Gasteiger partial charge in [-0.2, -0.15) is 0 Å². The van der Waals surface area contributed by atoms with Gasteiger partial charge in [0, 0.05) is 13.1 Å². The van der Waals surface area contributed by atoms with Crippen LogP contribution in [0.2, 0.25) is 0 Å². The van der Waals surface area contributed by atoms with Crippen molar-refractivity contribution in [1.82, 2.24) is 5.32 Å². The monoisotopic (exact) mass is 223 g/mol. The third-order valence-corrected chi connectivity index (χ3v) is 2.75. The molecule has 1 aromatic carbocycles. The molecule has 1 heterocycles. The zero-order chi connectivity index (χ0) is 11.4. The van der Waals surface area contributed by atoms with Crippen LogP contribution in [-0.2, 0) is 11.3 Å². The Morgan fingerprint density at radius 3 is 2.38 bits per heavy atom. The minimum atomic E-state index is -0.646. The van der Waals surface area contributed by atoms with Crippen molar-refractivity contribution in [2.45, 2.75) is 24.9 Å². The molecule has 0 aromatic heterocycles. The van der Waals surface area contributed by atoms with Gasteiger partial charge in [-0.25, -0.2) is 0 Å². The Balaban J connectivity index is 1.89. The van der Waals surface area contributed by atoms with E-state index in [0.29, 0.717) is 19.7 Å². The molecule has 4 heteroatoms. The number of nitrogens with one attached hydrogen (secondary N) is 1. The number of piperidine rings is 1. The average Bonchev–Trinajstić information content (AvgIpc) is 2.30. The van der Waals surface area contributed by atoms with E-state index in [1.54, 1.807) is 0 Å². The first-order valence-corrected chi connectivity index (χ1v) is 5.50. The lowest BCUT2D eigenvalue weighted by molar-refractivity contribution is -0.118. The van der Waals surface area contributed by atoms with Crippen molar-refractivity contribution in [3.8, 4) is 0 Å². The van der Waals surface area contributed by atoms with Crippen molar-refractivity contribution in [3.63, 3.8) is 0 Å². The zero-order valence-electron chi connectivity index (χ0n) is 9.04. The summed E-state index contributed by atoms with van der Waals surface area (Å²) in [5.74, 6) is 0. The van der Waals surface area contributed by atoms with Gasteiger partial charge in [0.25, 0.3) is 0 Å². The molecule has 1 aromatic rings. The van der Waals surface area contributed by atoms with Gasteiger partial charge in [-0.3, -0.25) is 0 Å². The Kier molecular flexibility index (Phi) is 3.90. The first kappa shape index (κ1) is 11.5. The summed E-state index contributed by atoms with van der Waals surface area (Å²) >= 11 is 0. The second kappa shape index (κ2) is 5.41. The highest BCUT2D eigenvalue weighted by Gasteiger charge is 2.31. The predicted molar refractivity (Wildman–Crippen MR) is 59.9 cm³/mol. The van der Waals surface area contributed by atoms with Gasteiger partial charge in [-0.1, -0.05) is 30.3 Å². The van der Waals surface area contributed by atoms with Gasteiger partial charge in [0.2, 0.25) is 0 Å². The number of hydrogen-bond acceptors (Lipinski definition) is 4. The molecule has 3 N–H and O–H groups in total. The van der Waals surface area contributed by atoms with Gasteiger partial charge in [-0.05, 0) is 5.56 Å². The highest BCUT2D eigenvalue weighted by molar-refractivity contribution is 5.13. The van der Waals surface area contributed by atoms with Crippen LogP contribution in [0.4, 0.5) is 0 Å². The molecule has 0 amide bonds. The van der Waals surface area contributed by atoms with E-state index < -0.39 is 18.3 Å². The molecule has 1 aliphatic heterocycles. The maximum absolute atomic E-state index is 9.67. The van der Waals surface area contributed by atoms with E-state index in [2.05, 4.69) is 5.32 Å². The van der Waals surface area contributed by atoms with Crippen molar-refractivity contribution >= 4 is 0 Å². The first-order chi connectivity index (χ1) is 7.77.